The molecule has 1 aromatic heterocycles. The van der Waals surface area contributed by atoms with Crippen molar-refractivity contribution in [2.45, 2.75) is 33.6 Å². The van der Waals surface area contributed by atoms with Crippen LogP contribution in [0, 0.1) is 6.92 Å². The maximum Gasteiger partial charge on any atom is 0.164 e. The van der Waals surface area contributed by atoms with Crippen LogP contribution in [0.4, 0.5) is 0 Å². The van der Waals surface area contributed by atoms with Gasteiger partial charge in [-0.2, -0.15) is 0 Å². The predicted octanol–water partition coefficient (Wildman–Crippen LogP) is 3.95. The highest BCUT2D eigenvalue weighted by Gasteiger charge is 2.17. The van der Waals surface area contributed by atoms with Gasteiger partial charge in [0.2, 0.25) is 0 Å². The Balaban J connectivity index is 2.55. The summed E-state index contributed by atoms with van der Waals surface area (Å²) in [6.45, 7) is 6.03. The van der Waals surface area contributed by atoms with Gasteiger partial charge in [-0.1, -0.05) is 13.8 Å². The number of Topliss-reactive ketones (excluding diaryl/α,β-unsaturated/α-hetero) is 1. The molecule has 0 unspecified atom stereocenters. The zero-order valence-electron chi connectivity index (χ0n) is 12.6. The van der Waals surface area contributed by atoms with Crippen LogP contribution in [-0.2, 0) is 6.42 Å². The Bertz CT molecular complexity index is 609. The SMILES string of the molecule is CCC(=O)c1cc(C)n(-c2ccc(OC)cc2)c1CC. The number of aromatic nitrogens is 1. The van der Waals surface area contributed by atoms with E-state index in [-0.39, 0.29) is 5.78 Å². The standard InChI is InChI=1S/C17H21NO2/c1-5-16-15(17(19)6-2)11-12(3)18(16)13-7-9-14(20-4)10-8-13/h7-11H,5-6H2,1-4H3. The van der Waals surface area contributed by atoms with Gasteiger partial charge >= 0.3 is 0 Å². The summed E-state index contributed by atoms with van der Waals surface area (Å²) >= 11 is 0. The number of carbonyl (C=O) groups is 1. The molecule has 20 heavy (non-hydrogen) atoms. The largest absolute Gasteiger partial charge is 0.497 e. The minimum Gasteiger partial charge on any atom is -0.497 e. The topological polar surface area (TPSA) is 31.2 Å². The van der Waals surface area contributed by atoms with E-state index in [0.29, 0.717) is 6.42 Å². The summed E-state index contributed by atoms with van der Waals surface area (Å²) in [5.41, 5.74) is 4.09. The number of carbonyl (C=O) groups excluding carboxylic acids is 1. The highest BCUT2D eigenvalue weighted by atomic mass is 16.5. The molecule has 0 aliphatic rings. The number of ether oxygens (including phenoxy) is 1. The van der Waals surface area contributed by atoms with E-state index in [4.69, 9.17) is 4.74 Å². The summed E-state index contributed by atoms with van der Waals surface area (Å²) in [6.07, 6.45) is 1.38. The molecule has 2 aromatic rings. The van der Waals surface area contributed by atoms with E-state index in [9.17, 15) is 4.79 Å². The van der Waals surface area contributed by atoms with Gasteiger partial charge in [0.25, 0.3) is 0 Å². The molecule has 1 heterocycles. The van der Waals surface area contributed by atoms with Crippen molar-refractivity contribution in [1.29, 1.82) is 0 Å². The molecule has 0 fully saturated rings. The van der Waals surface area contributed by atoms with Gasteiger partial charge in [0.15, 0.2) is 5.78 Å². The van der Waals surface area contributed by atoms with Crippen molar-refractivity contribution in [2.75, 3.05) is 7.11 Å². The molecule has 1 aromatic carbocycles. The first-order chi connectivity index (χ1) is 9.62. The molecule has 2 rings (SSSR count). The second kappa shape index (κ2) is 5.95. The quantitative estimate of drug-likeness (QED) is 0.771. The maximum atomic E-state index is 12.1. The first-order valence-corrected chi connectivity index (χ1v) is 7.01. The highest BCUT2D eigenvalue weighted by Crippen LogP contribution is 2.24. The third kappa shape index (κ3) is 2.48. The first kappa shape index (κ1) is 14.4. The average molecular weight is 271 g/mol. The van der Waals surface area contributed by atoms with Crippen molar-refractivity contribution in [3.63, 3.8) is 0 Å². The number of rotatable bonds is 5. The number of hydrogen-bond donors (Lipinski definition) is 0. The molecule has 0 spiro atoms. The molecule has 0 radical (unpaired) electrons. The Morgan fingerprint density at radius 1 is 1.20 bits per heavy atom. The molecule has 0 N–H and O–H groups in total. The van der Waals surface area contributed by atoms with Crippen LogP contribution in [0.5, 0.6) is 5.75 Å². The van der Waals surface area contributed by atoms with E-state index in [0.717, 1.165) is 34.8 Å². The Morgan fingerprint density at radius 2 is 1.85 bits per heavy atom. The van der Waals surface area contributed by atoms with Crippen molar-refractivity contribution >= 4 is 5.78 Å². The molecule has 0 amide bonds. The van der Waals surface area contributed by atoms with Gasteiger partial charge in [-0.15, -0.1) is 0 Å². The Kier molecular flexibility index (Phi) is 4.28. The number of nitrogens with zero attached hydrogens (tertiary/aromatic N) is 1. The van der Waals surface area contributed by atoms with Gasteiger partial charge in [0.05, 0.1) is 7.11 Å². The maximum absolute atomic E-state index is 12.1. The van der Waals surface area contributed by atoms with E-state index < -0.39 is 0 Å². The monoisotopic (exact) mass is 271 g/mol. The lowest BCUT2D eigenvalue weighted by Crippen LogP contribution is -2.05. The number of ketones is 1. The number of methoxy groups -OCH3 is 1. The fraction of sp³-hybridized carbons (Fsp3) is 0.353. The van der Waals surface area contributed by atoms with Gasteiger partial charge in [0.1, 0.15) is 5.75 Å². The molecular formula is C17H21NO2. The van der Waals surface area contributed by atoms with E-state index in [1.807, 2.05) is 44.2 Å². The second-order valence-electron chi connectivity index (χ2n) is 4.81. The number of benzene rings is 1. The lowest BCUT2D eigenvalue weighted by atomic mass is 10.1. The molecule has 3 heteroatoms. The molecule has 106 valence electrons. The van der Waals surface area contributed by atoms with Crippen LogP contribution >= 0.6 is 0 Å². The summed E-state index contributed by atoms with van der Waals surface area (Å²) in [7, 11) is 1.66. The van der Waals surface area contributed by atoms with Crippen LogP contribution in [0.3, 0.4) is 0 Å². The summed E-state index contributed by atoms with van der Waals surface area (Å²) in [6, 6.07) is 9.91. The Labute approximate surface area is 120 Å². The smallest absolute Gasteiger partial charge is 0.164 e. The van der Waals surface area contributed by atoms with Crippen LogP contribution in [0.15, 0.2) is 30.3 Å². The minimum atomic E-state index is 0.206. The lowest BCUT2D eigenvalue weighted by molar-refractivity contribution is 0.0987. The molecule has 3 nitrogen and oxygen atoms in total. The summed E-state index contributed by atoms with van der Waals surface area (Å²) in [5, 5.41) is 0. The molecule has 0 saturated carbocycles. The van der Waals surface area contributed by atoms with Crippen LogP contribution in [-0.4, -0.2) is 17.5 Å². The van der Waals surface area contributed by atoms with Crippen molar-refractivity contribution < 1.29 is 9.53 Å². The molecular weight excluding hydrogens is 250 g/mol. The third-order valence-electron chi connectivity index (χ3n) is 3.57. The molecule has 0 aliphatic heterocycles. The van der Waals surface area contributed by atoms with E-state index >= 15 is 0 Å². The third-order valence-corrected chi connectivity index (χ3v) is 3.57. The fourth-order valence-corrected chi connectivity index (χ4v) is 2.56. The van der Waals surface area contributed by atoms with Crippen LogP contribution in [0.1, 0.15) is 42.0 Å². The zero-order chi connectivity index (χ0) is 14.7. The fourth-order valence-electron chi connectivity index (χ4n) is 2.56. The summed E-state index contributed by atoms with van der Waals surface area (Å²) in [4.78, 5) is 12.1. The molecule has 0 atom stereocenters. The van der Waals surface area contributed by atoms with Crippen LogP contribution < -0.4 is 4.74 Å². The van der Waals surface area contributed by atoms with Gasteiger partial charge in [-0.25, -0.2) is 0 Å². The van der Waals surface area contributed by atoms with Crippen LogP contribution in [0.2, 0.25) is 0 Å². The van der Waals surface area contributed by atoms with Gasteiger partial charge < -0.3 is 9.30 Å². The molecule has 0 bridgehead atoms. The summed E-state index contributed by atoms with van der Waals surface area (Å²) in [5.74, 6) is 1.04. The van der Waals surface area contributed by atoms with E-state index in [2.05, 4.69) is 11.5 Å². The predicted molar refractivity (Wildman–Crippen MR) is 81.1 cm³/mol. The average Bonchev–Trinajstić information content (AvgIpc) is 2.83. The number of aryl methyl sites for hydroxylation is 1. The first-order valence-electron chi connectivity index (χ1n) is 7.01. The van der Waals surface area contributed by atoms with Gasteiger partial charge in [-0.3, -0.25) is 4.79 Å². The Morgan fingerprint density at radius 3 is 2.35 bits per heavy atom. The van der Waals surface area contributed by atoms with Crippen molar-refractivity contribution in [3.8, 4) is 11.4 Å². The van der Waals surface area contributed by atoms with E-state index in [1.165, 1.54) is 0 Å². The van der Waals surface area contributed by atoms with Crippen molar-refractivity contribution in [3.05, 3.63) is 47.3 Å². The Hall–Kier alpha value is -2.03. The molecule has 0 saturated heterocycles. The van der Waals surface area contributed by atoms with Crippen molar-refractivity contribution in [1.82, 2.24) is 4.57 Å². The van der Waals surface area contributed by atoms with Crippen LogP contribution in [0.25, 0.3) is 5.69 Å². The van der Waals surface area contributed by atoms with Gasteiger partial charge in [0, 0.05) is 29.1 Å². The molecule has 0 aliphatic carbocycles. The van der Waals surface area contributed by atoms with Crippen molar-refractivity contribution in [2.24, 2.45) is 0 Å². The minimum absolute atomic E-state index is 0.206. The number of hydrogen-bond acceptors (Lipinski definition) is 2. The highest BCUT2D eigenvalue weighted by molar-refractivity contribution is 5.97. The zero-order valence-corrected chi connectivity index (χ0v) is 12.6. The van der Waals surface area contributed by atoms with Gasteiger partial charge in [-0.05, 0) is 43.7 Å². The lowest BCUT2D eigenvalue weighted by Gasteiger charge is -2.12. The van der Waals surface area contributed by atoms with E-state index in [1.54, 1.807) is 7.11 Å². The second-order valence-corrected chi connectivity index (χ2v) is 4.81. The normalized spacial score (nSPS) is 10.6. The summed E-state index contributed by atoms with van der Waals surface area (Å²) < 4.78 is 7.34.